The summed E-state index contributed by atoms with van der Waals surface area (Å²) in [5, 5.41) is 12.2. The molecular weight excluding hydrogens is 142 g/mol. The molecule has 0 amide bonds. The molecule has 0 saturated carbocycles. The van der Waals surface area contributed by atoms with E-state index in [0.29, 0.717) is 6.61 Å². The van der Waals surface area contributed by atoms with E-state index >= 15 is 0 Å². The van der Waals surface area contributed by atoms with Crippen LogP contribution in [-0.4, -0.2) is 18.3 Å². The minimum absolute atomic E-state index is 0.266. The second-order valence-electron chi connectivity index (χ2n) is 2.46. The van der Waals surface area contributed by atoms with Gasteiger partial charge in [0.1, 0.15) is 18.1 Å². The number of phenols is 1. The predicted octanol–water partition coefficient (Wildman–Crippen LogP) is 1.20. The maximum Gasteiger partial charge on any atom is 0.142 e. The molecule has 3 heteroatoms. The van der Waals surface area contributed by atoms with Crippen LogP contribution in [0.5, 0.6) is 11.5 Å². The Hall–Kier alpha value is -1.38. The molecule has 1 aliphatic heterocycles. The van der Waals surface area contributed by atoms with Gasteiger partial charge in [-0.25, -0.2) is 0 Å². The Kier molecular flexibility index (Phi) is 1.35. The van der Waals surface area contributed by atoms with Gasteiger partial charge in [-0.3, -0.25) is 0 Å². The predicted molar refractivity (Wildman–Crippen MR) is 42.1 cm³/mol. The topological polar surface area (TPSA) is 41.5 Å². The van der Waals surface area contributed by atoms with Gasteiger partial charge in [-0.1, -0.05) is 0 Å². The average Bonchev–Trinajstić information content (AvgIpc) is 2.04. The first-order chi connectivity index (χ1) is 5.36. The number of nitrogens with one attached hydrogen (secondary N) is 1. The van der Waals surface area contributed by atoms with E-state index in [1.807, 2.05) is 0 Å². The number of aromatic hydroxyl groups is 1. The summed E-state index contributed by atoms with van der Waals surface area (Å²) in [4.78, 5) is 0. The summed E-state index contributed by atoms with van der Waals surface area (Å²) in [5.41, 5.74) is 0.872. The zero-order chi connectivity index (χ0) is 7.68. The molecule has 0 radical (unpaired) electrons. The molecule has 2 N–H and O–H groups in total. The molecule has 0 aromatic heterocycles. The zero-order valence-corrected chi connectivity index (χ0v) is 6.00. The number of phenolic OH excluding ortho intramolecular Hbond substituents is 1. The third-order valence-electron chi connectivity index (χ3n) is 1.64. The molecule has 0 atom stereocenters. The Labute approximate surface area is 64.6 Å². The van der Waals surface area contributed by atoms with Crippen LogP contribution in [0.15, 0.2) is 18.2 Å². The molecular formula is C8H9NO2. The van der Waals surface area contributed by atoms with E-state index < -0.39 is 0 Å². The van der Waals surface area contributed by atoms with E-state index in [9.17, 15) is 0 Å². The third-order valence-corrected chi connectivity index (χ3v) is 1.64. The number of fused-ring (bicyclic) bond motifs is 1. The van der Waals surface area contributed by atoms with Gasteiger partial charge in [-0.05, 0) is 12.1 Å². The minimum Gasteiger partial charge on any atom is -0.508 e. The SMILES string of the molecule is Oc1ccc2c(c1)NCCO2. The molecule has 0 unspecified atom stereocenters. The number of hydrogen-bond donors (Lipinski definition) is 2. The Morgan fingerprint density at radius 1 is 1.45 bits per heavy atom. The van der Waals surface area contributed by atoms with Gasteiger partial charge in [0, 0.05) is 12.6 Å². The van der Waals surface area contributed by atoms with Crippen molar-refractivity contribution in [2.75, 3.05) is 18.5 Å². The van der Waals surface area contributed by atoms with Crippen molar-refractivity contribution in [2.45, 2.75) is 0 Å². The van der Waals surface area contributed by atoms with E-state index in [1.54, 1.807) is 18.2 Å². The summed E-state index contributed by atoms with van der Waals surface area (Å²) in [7, 11) is 0. The second kappa shape index (κ2) is 2.34. The van der Waals surface area contributed by atoms with E-state index in [2.05, 4.69) is 5.32 Å². The Morgan fingerprint density at radius 2 is 2.36 bits per heavy atom. The van der Waals surface area contributed by atoms with Gasteiger partial charge in [0.2, 0.25) is 0 Å². The van der Waals surface area contributed by atoms with Gasteiger partial charge in [0.15, 0.2) is 0 Å². The fourth-order valence-electron chi connectivity index (χ4n) is 1.13. The summed E-state index contributed by atoms with van der Waals surface area (Å²) in [6, 6.07) is 5.04. The van der Waals surface area contributed by atoms with Crippen LogP contribution in [-0.2, 0) is 0 Å². The third kappa shape index (κ3) is 1.09. The smallest absolute Gasteiger partial charge is 0.142 e. The molecule has 2 rings (SSSR count). The quantitative estimate of drug-likeness (QED) is 0.585. The second-order valence-corrected chi connectivity index (χ2v) is 2.46. The van der Waals surface area contributed by atoms with Gasteiger partial charge in [0.25, 0.3) is 0 Å². The highest BCUT2D eigenvalue weighted by molar-refractivity contribution is 5.60. The molecule has 0 bridgehead atoms. The molecule has 0 spiro atoms. The molecule has 1 aromatic carbocycles. The van der Waals surface area contributed by atoms with Gasteiger partial charge < -0.3 is 15.2 Å². The van der Waals surface area contributed by atoms with Crippen molar-refractivity contribution in [2.24, 2.45) is 0 Å². The molecule has 1 aliphatic rings. The number of hydrogen-bond acceptors (Lipinski definition) is 3. The highest BCUT2D eigenvalue weighted by Crippen LogP contribution is 2.30. The van der Waals surface area contributed by atoms with Gasteiger partial charge >= 0.3 is 0 Å². The van der Waals surface area contributed by atoms with Crippen molar-refractivity contribution < 1.29 is 9.84 Å². The fourth-order valence-corrected chi connectivity index (χ4v) is 1.13. The zero-order valence-electron chi connectivity index (χ0n) is 6.00. The molecule has 1 aromatic rings. The highest BCUT2D eigenvalue weighted by Gasteiger charge is 2.08. The molecule has 0 saturated heterocycles. The van der Waals surface area contributed by atoms with E-state index in [4.69, 9.17) is 9.84 Å². The summed E-state index contributed by atoms with van der Waals surface area (Å²) in [6.07, 6.45) is 0. The monoisotopic (exact) mass is 151 g/mol. The molecule has 0 fully saturated rings. The number of ether oxygens (including phenoxy) is 1. The highest BCUT2D eigenvalue weighted by atomic mass is 16.5. The van der Waals surface area contributed by atoms with E-state index in [0.717, 1.165) is 18.0 Å². The molecule has 0 aliphatic carbocycles. The first-order valence-electron chi connectivity index (χ1n) is 3.56. The first kappa shape index (κ1) is 6.34. The lowest BCUT2D eigenvalue weighted by molar-refractivity contribution is 0.322. The number of rotatable bonds is 0. The molecule has 58 valence electrons. The van der Waals surface area contributed by atoms with Crippen molar-refractivity contribution in [3.63, 3.8) is 0 Å². The van der Waals surface area contributed by atoms with Crippen LogP contribution in [0.4, 0.5) is 5.69 Å². The van der Waals surface area contributed by atoms with Crippen molar-refractivity contribution in [1.29, 1.82) is 0 Å². The van der Waals surface area contributed by atoms with Gasteiger partial charge in [0.05, 0.1) is 5.69 Å². The normalized spacial score (nSPS) is 14.5. The van der Waals surface area contributed by atoms with Crippen LogP contribution in [0, 0.1) is 0 Å². The molecule has 1 heterocycles. The van der Waals surface area contributed by atoms with E-state index in [1.165, 1.54) is 0 Å². The fraction of sp³-hybridized carbons (Fsp3) is 0.250. The van der Waals surface area contributed by atoms with E-state index in [-0.39, 0.29) is 5.75 Å². The lowest BCUT2D eigenvalue weighted by atomic mass is 10.2. The van der Waals surface area contributed by atoms with Crippen LogP contribution < -0.4 is 10.1 Å². The summed E-state index contributed by atoms with van der Waals surface area (Å²) in [6.45, 7) is 1.49. The molecule has 11 heavy (non-hydrogen) atoms. The lowest BCUT2D eigenvalue weighted by Crippen LogP contribution is -2.17. The van der Waals surface area contributed by atoms with Crippen LogP contribution in [0.2, 0.25) is 0 Å². The van der Waals surface area contributed by atoms with Crippen LogP contribution >= 0.6 is 0 Å². The Bertz CT molecular complexity index is 273. The average molecular weight is 151 g/mol. The first-order valence-corrected chi connectivity index (χ1v) is 3.56. The summed E-state index contributed by atoms with van der Waals surface area (Å²) in [5.74, 6) is 1.08. The van der Waals surface area contributed by atoms with Crippen LogP contribution in [0.25, 0.3) is 0 Å². The van der Waals surface area contributed by atoms with Crippen molar-refractivity contribution in [3.8, 4) is 11.5 Å². The van der Waals surface area contributed by atoms with Crippen molar-refractivity contribution >= 4 is 5.69 Å². The number of benzene rings is 1. The largest absolute Gasteiger partial charge is 0.508 e. The minimum atomic E-state index is 0.266. The van der Waals surface area contributed by atoms with Gasteiger partial charge in [-0.2, -0.15) is 0 Å². The summed E-state index contributed by atoms with van der Waals surface area (Å²) >= 11 is 0. The summed E-state index contributed by atoms with van der Waals surface area (Å²) < 4.78 is 5.30. The van der Waals surface area contributed by atoms with Crippen LogP contribution in [0.3, 0.4) is 0 Å². The lowest BCUT2D eigenvalue weighted by Gasteiger charge is -2.18. The van der Waals surface area contributed by atoms with Gasteiger partial charge in [-0.15, -0.1) is 0 Å². The standard InChI is InChI=1S/C8H9NO2/c10-6-1-2-8-7(5-6)9-3-4-11-8/h1-2,5,9-10H,3-4H2. The maximum atomic E-state index is 9.09. The van der Waals surface area contributed by atoms with Crippen LogP contribution in [0.1, 0.15) is 0 Å². The Balaban J connectivity index is 2.43. The van der Waals surface area contributed by atoms with Crippen molar-refractivity contribution in [1.82, 2.24) is 0 Å². The number of anilines is 1. The maximum absolute atomic E-state index is 9.09. The molecule has 3 nitrogen and oxygen atoms in total. The van der Waals surface area contributed by atoms with Crippen molar-refractivity contribution in [3.05, 3.63) is 18.2 Å². The Morgan fingerprint density at radius 3 is 3.27 bits per heavy atom.